The second kappa shape index (κ2) is 16.6. The second-order valence-corrected chi connectivity index (χ2v) is 16.1. The van der Waals surface area contributed by atoms with Crippen molar-refractivity contribution in [2.24, 2.45) is 32.5 Å². The summed E-state index contributed by atoms with van der Waals surface area (Å²) in [7, 11) is 0. The Balaban J connectivity index is -0.000000240. The molecular formula is C33H57GdO6. The van der Waals surface area contributed by atoms with E-state index in [1.165, 1.54) is 18.2 Å². The van der Waals surface area contributed by atoms with Gasteiger partial charge in [-0.15, -0.1) is 17.3 Å². The minimum absolute atomic E-state index is 0. The van der Waals surface area contributed by atoms with E-state index in [1.807, 2.05) is 125 Å². The van der Waals surface area contributed by atoms with Crippen molar-refractivity contribution in [2.75, 3.05) is 0 Å². The molecule has 0 heterocycles. The van der Waals surface area contributed by atoms with Crippen molar-refractivity contribution in [3.05, 3.63) is 35.5 Å². The number of hydrogen-bond acceptors (Lipinski definition) is 6. The molecule has 6 nitrogen and oxygen atoms in total. The molecule has 233 valence electrons. The van der Waals surface area contributed by atoms with Crippen LogP contribution in [0.3, 0.4) is 0 Å². The summed E-state index contributed by atoms with van der Waals surface area (Å²) in [6, 6.07) is 0. The van der Waals surface area contributed by atoms with Crippen LogP contribution in [0.15, 0.2) is 35.5 Å². The van der Waals surface area contributed by atoms with Gasteiger partial charge in [-0.3, -0.25) is 14.4 Å². The van der Waals surface area contributed by atoms with Crippen LogP contribution in [-0.2, 0) is 14.4 Å². The monoisotopic (exact) mass is 707 g/mol. The Kier molecular flexibility index (Phi) is 19.0. The molecule has 40 heavy (non-hydrogen) atoms. The Bertz CT molecular complexity index is 801. The largest absolute Gasteiger partial charge is 3.00 e. The Hall–Kier alpha value is -1.05. The van der Waals surface area contributed by atoms with Gasteiger partial charge in [0, 0.05) is 16.2 Å². The Morgan fingerprint density at radius 2 is 0.475 bits per heavy atom. The molecule has 7 heteroatoms. The van der Waals surface area contributed by atoms with Gasteiger partial charge in [-0.1, -0.05) is 125 Å². The van der Waals surface area contributed by atoms with Crippen molar-refractivity contribution in [3.63, 3.8) is 0 Å². The van der Waals surface area contributed by atoms with Crippen LogP contribution in [0.2, 0.25) is 0 Å². The van der Waals surface area contributed by atoms with Crippen LogP contribution >= 0.6 is 0 Å². The molecule has 0 aromatic heterocycles. The molecule has 0 amide bonds. The first-order chi connectivity index (χ1) is 16.6. The van der Waals surface area contributed by atoms with Crippen LogP contribution in [0, 0.1) is 72.4 Å². The summed E-state index contributed by atoms with van der Waals surface area (Å²) in [6.07, 6.45) is 3.67. The third kappa shape index (κ3) is 21.7. The minimum atomic E-state index is -0.457. The third-order valence-electron chi connectivity index (χ3n) is 5.22. The van der Waals surface area contributed by atoms with E-state index in [-0.39, 0.29) is 74.6 Å². The fourth-order valence-corrected chi connectivity index (χ4v) is 1.66. The number of carbonyl (C=O) groups excluding carboxylic acids is 3. The van der Waals surface area contributed by atoms with Gasteiger partial charge in [0.15, 0.2) is 17.3 Å². The molecule has 0 aliphatic carbocycles. The van der Waals surface area contributed by atoms with Crippen LogP contribution in [0.25, 0.3) is 0 Å². The van der Waals surface area contributed by atoms with Crippen LogP contribution < -0.4 is 15.3 Å². The maximum atomic E-state index is 11.4. The molecule has 0 N–H and O–H groups in total. The number of carbonyl (C=O) groups is 3. The van der Waals surface area contributed by atoms with Gasteiger partial charge in [-0.25, -0.2) is 0 Å². The molecule has 0 saturated carbocycles. The molecule has 0 fully saturated rings. The van der Waals surface area contributed by atoms with E-state index in [2.05, 4.69) is 0 Å². The number of hydrogen-bond donors (Lipinski definition) is 0. The van der Waals surface area contributed by atoms with Gasteiger partial charge in [0.1, 0.15) is 0 Å². The summed E-state index contributed by atoms with van der Waals surface area (Å²) in [5.74, 6) is -0.625. The van der Waals surface area contributed by atoms with Crippen molar-refractivity contribution in [1.29, 1.82) is 0 Å². The maximum Gasteiger partial charge on any atom is 3.00 e. The molecule has 0 aliphatic heterocycles. The van der Waals surface area contributed by atoms with Gasteiger partial charge < -0.3 is 15.3 Å². The molecule has 0 atom stereocenters. The number of rotatable bonds is 3. The average molecular weight is 707 g/mol. The fraction of sp³-hybridized carbons (Fsp3) is 0.727. The van der Waals surface area contributed by atoms with Crippen molar-refractivity contribution in [2.45, 2.75) is 125 Å². The predicted octanol–water partition coefficient (Wildman–Crippen LogP) is 5.68. The summed E-state index contributed by atoms with van der Waals surface area (Å²) in [5, 5.41) is 34.3. The van der Waals surface area contributed by atoms with Crippen LogP contribution in [0.4, 0.5) is 0 Å². The number of allylic oxidation sites excluding steroid dienone is 6. The Labute approximate surface area is 277 Å². The molecular weight excluding hydrogens is 650 g/mol. The van der Waals surface area contributed by atoms with Gasteiger partial charge in [0.05, 0.1) is 0 Å². The van der Waals surface area contributed by atoms with Gasteiger partial charge in [0.2, 0.25) is 0 Å². The van der Waals surface area contributed by atoms with Gasteiger partial charge in [-0.05, 0) is 34.5 Å². The van der Waals surface area contributed by atoms with Crippen molar-refractivity contribution in [3.8, 4) is 0 Å². The van der Waals surface area contributed by atoms with Crippen LogP contribution in [0.1, 0.15) is 125 Å². The van der Waals surface area contributed by atoms with E-state index in [1.54, 1.807) is 0 Å². The minimum Gasteiger partial charge on any atom is -0.875 e. The summed E-state index contributed by atoms with van der Waals surface area (Å²) in [4.78, 5) is 34.3. The van der Waals surface area contributed by atoms with Crippen molar-refractivity contribution < 1.29 is 69.6 Å². The third-order valence-corrected chi connectivity index (χ3v) is 5.22. The van der Waals surface area contributed by atoms with Gasteiger partial charge >= 0.3 is 39.9 Å². The topological polar surface area (TPSA) is 120 Å². The van der Waals surface area contributed by atoms with E-state index in [0.717, 1.165) is 0 Å². The average Bonchev–Trinajstić information content (AvgIpc) is 2.64. The van der Waals surface area contributed by atoms with Crippen LogP contribution in [0.5, 0.6) is 0 Å². The fourth-order valence-electron chi connectivity index (χ4n) is 1.66. The summed E-state index contributed by atoms with van der Waals surface area (Å²) < 4.78 is 0. The molecule has 0 bridgehead atoms. The molecule has 0 spiro atoms. The second-order valence-electron chi connectivity index (χ2n) is 16.1. The quantitative estimate of drug-likeness (QED) is 0.275. The zero-order chi connectivity index (χ0) is 32.6. The molecule has 1 radical (unpaired) electrons. The summed E-state index contributed by atoms with van der Waals surface area (Å²) >= 11 is 0. The smallest absolute Gasteiger partial charge is 0.875 e. The first-order valence-electron chi connectivity index (χ1n) is 13.5. The molecule has 0 aliphatic rings. The molecule has 0 rings (SSSR count). The molecule has 0 unspecified atom stereocenters. The van der Waals surface area contributed by atoms with Gasteiger partial charge in [-0.2, -0.15) is 0 Å². The SMILES string of the molecule is CC(C)(C)C(=O)/C=C(\[O-])C(C)(C)C.CC(C)(C)C(=O)/C=C(\[O-])C(C)(C)C.CC(C)(C)C(=O)/C=C(\[O-])C(C)(C)C.[Gd+3]. The first kappa shape index (κ1) is 45.9. The van der Waals surface area contributed by atoms with E-state index >= 15 is 0 Å². The maximum absolute atomic E-state index is 11.4. The van der Waals surface area contributed by atoms with Gasteiger partial charge in [0.25, 0.3) is 0 Å². The van der Waals surface area contributed by atoms with Crippen LogP contribution in [-0.4, -0.2) is 17.3 Å². The molecule has 0 aromatic rings. The van der Waals surface area contributed by atoms with E-state index in [0.29, 0.717) is 0 Å². The normalized spacial score (nSPS) is 14.1. The van der Waals surface area contributed by atoms with E-state index < -0.39 is 32.5 Å². The first-order valence-corrected chi connectivity index (χ1v) is 13.5. The Morgan fingerprint density at radius 1 is 0.350 bits per heavy atom. The standard InChI is InChI=1S/3C11H20O2.Gd/c3*1-10(2,3)8(12)7-9(13)11(4,5)6;/h3*7,12H,1-6H3;/q;;;+3/p-3/b3*8-7-;. The Morgan fingerprint density at radius 3 is 0.550 bits per heavy atom. The van der Waals surface area contributed by atoms with E-state index in [4.69, 9.17) is 0 Å². The zero-order valence-electron chi connectivity index (χ0n) is 28.5. The number of ketones is 3. The molecule has 0 aromatic carbocycles. The molecule has 0 saturated heterocycles. The van der Waals surface area contributed by atoms with E-state index in [9.17, 15) is 29.7 Å². The predicted molar refractivity (Wildman–Crippen MR) is 156 cm³/mol. The summed E-state index contributed by atoms with van der Waals surface area (Å²) in [5.41, 5.74) is -2.74. The van der Waals surface area contributed by atoms with Crippen molar-refractivity contribution >= 4 is 17.3 Å². The summed E-state index contributed by atoms with van der Waals surface area (Å²) in [6.45, 7) is 32.5. The zero-order valence-corrected chi connectivity index (χ0v) is 30.8. The van der Waals surface area contributed by atoms with Crippen molar-refractivity contribution in [1.82, 2.24) is 0 Å².